The normalized spacial score (nSPS) is 19.2. The Kier molecular flexibility index (Phi) is 4.61. The Balaban J connectivity index is 1.72. The number of halogens is 1. The number of carbonyl (C=O) groups excluding carboxylic acids is 1. The van der Waals surface area contributed by atoms with Gasteiger partial charge in [-0.1, -0.05) is 23.7 Å². The summed E-state index contributed by atoms with van der Waals surface area (Å²) in [6.07, 6.45) is 1.51. The van der Waals surface area contributed by atoms with Crippen molar-refractivity contribution < 1.29 is 9.53 Å². The number of carbonyl (C=O) groups is 1. The van der Waals surface area contributed by atoms with Crippen molar-refractivity contribution in [2.24, 2.45) is 0 Å². The van der Waals surface area contributed by atoms with Crippen molar-refractivity contribution in [2.45, 2.75) is 45.4 Å². The third-order valence-electron chi connectivity index (χ3n) is 5.07. The summed E-state index contributed by atoms with van der Waals surface area (Å²) in [7, 11) is 0. The van der Waals surface area contributed by atoms with Gasteiger partial charge in [0.25, 0.3) is 5.56 Å². The lowest BCUT2D eigenvalue weighted by Crippen LogP contribution is -2.35. The third-order valence-corrected chi connectivity index (χ3v) is 6.42. The van der Waals surface area contributed by atoms with Gasteiger partial charge in [-0.25, -0.2) is 4.68 Å². The van der Waals surface area contributed by atoms with Crippen LogP contribution in [0.25, 0.3) is 10.2 Å². The lowest BCUT2D eigenvalue weighted by molar-refractivity contribution is -0.0543. The van der Waals surface area contributed by atoms with E-state index in [0.29, 0.717) is 33.8 Å². The van der Waals surface area contributed by atoms with E-state index in [2.05, 4.69) is 24.2 Å². The van der Waals surface area contributed by atoms with Gasteiger partial charge in [0.05, 0.1) is 17.6 Å². The van der Waals surface area contributed by atoms with Crippen molar-refractivity contribution in [3.63, 3.8) is 0 Å². The minimum Gasteiger partial charge on any atom is -0.369 e. The molecule has 0 bridgehead atoms. The maximum atomic E-state index is 13.0. The zero-order valence-electron chi connectivity index (χ0n) is 15.0. The summed E-state index contributed by atoms with van der Waals surface area (Å²) in [6.45, 7) is 4.44. The minimum atomic E-state index is -0.291. The number of hydrogen-bond acceptors (Lipinski definition) is 6. The van der Waals surface area contributed by atoms with Crippen molar-refractivity contribution in [3.05, 3.63) is 55.6 Å². The number of rotatable bonds is 4. The molecule has 4 rings (SSSR count). The Labute approximate surface area is 164 Å². The average molecular weight is 404 g/mol. The average Bonchev–Trinajstić information content (AvgIpc) is 3.02. The van der Waals surface area contributed by atoms with Gasteiger partial charge in [-0.05, 0) is 43.2 Å². The second-order valence-electron chi connectivity index (χ2n) is 6.94. The van der Waals surface area contributed by atoms with Crippen LogP contribution in [0.4, 0.5) is 0 Å². The van der Waals surface area contributed by atoms with Crippen molar-refractivity contribution in [2.75, 3.05) is 0 Å². The smallest absolute Gasteiger partial charge is 0.279 e. The number of benzene rings is 1. The van der Waals surface area contributed by atoms with Gasteiger partial charge < -0.3 is 4.74 Å². The number of ketones is 1. The van der Waals surface area contributed by atoms with Gasteiger partial charge in [0, 0.05) is 21.9 Å². The summed E-state index contributed by atoms with van der Waals surface area (Å²) in [5.41, 5.74) is 0.895. The second kappa shape index (κ2) is 6.82. The maximum Gasteiger partial charge on any atom is 0.279 e. The molecule has 0 saturated heterocycles. The van der Waals surface area contributed by atoms with Gasteiger partial charge in [-0.2, -0.15) is 0 Å². The van der Waals surface area contributed by atoms with Crippen LogP contribution in [0, 0.1) is 0 Å². The molecule has 0 spiro atoms. The fourth-order valence-corrected chi connectivity index (χ4v) is 4.38. The molecule has 0 saturated carbocycles. The number of fused-ring (bicyclic) bond motifs is 3. The van der Waals surface area contributed by atoms with E-state index in [1.807, 2.05) is 0 Å². The van der Waals surface area contributed by atoms with Crippen LogP contribution in [0.2, 0.25) is 5.02 Å². The quantitative estimate of drug-likeness (QED) is 0.622. The molecular weight excluding hydrogens is 386 g/mol. The Morgan fingerprint density at radius 1 is 1.37 bits per heavy atom. The number of Topliss-reactive ketones (excluding diaryl/α,β-unsaturated/α-hetero) is 1. The van der Waals surface area contributed by atoms with Gasteiger partial charge in [0.15, 0.2) is 10.6 Å². The number of hydrogen-bond donors (Lipinski definition) is 0. The highest BCUT2D eigenvalue weighted by molar-refractivity contribution is 7.18. The zero-order valence-corrected chi connectivity index (χ0v) is 16.6. The summed E-state index contributed by atoms with van der Waals surface area (Å²) < 4.78 is 7.11. The van der Waals surface area contributed by atoms with Gasteiger partial charge in [0.1, 0.15) is 6.54 Å². The van der Waals surface area contributed by atoms with E-state index in [0.717, 1.165) is 21.5 Å². The fourth-order valence-electron chi connectivity index (χ4n) is 3.21. The minimum absolute atomic E-state index is 0.157. The van der Waals surface area contributed by atoms with Crippen LogP contribution in [0.15, 0.2) is 29.1 Å². The standard InChI is InChI=1S/C19H18ClN3O3S/c1-3-19(2)8-13-15(10-26-19)27-17-16(13)18(25)23(22-21-17)9-14(24)11-4-6-12(20)7-5-11/h4-7H,3,8-10H2,1-2H3. The Hall–Kier alpha value is -2.09. The van der Waals surface area contributed by atoms with Crippen LogP contribution in [-0.4, -0.2) is 26.4 Å². The summed E-state index contributed by atoms with van der Waals surface area (Å²) in [5, 5.41) is 9.27. The zero-order chi connectivity index (χ0) is 19.2. The number of thiophene rings is 1. The molecule has 1 atom stereocenters. The molecule has 1 aromatic carbocycles. The molecule has 1 aliphatic heterocycles. The van der Waals surface area contributed by atoms with E-state index in [-0.39, 0.29) is 23.5 Å². The molecule has 27 heavy (non-hydrogen) atoms. The summed E-state index contributed by atoms with van der Waals surface area (Å²) in [6, 6.07) is 6.57. The summed E-state index contributed by atoms with van der Waals surface area (Å²) in [5.74, 6) is -0.215. The first kappa shape index (κ1) is 18.3. The molecule has 8 heteroatoms. The molecule has 6 nitrogen and oxygen atoms in total. The molecular formula is C19H18ClN3O3S. The van der Waals surface area contributed by atoms with Gasteiger partial charge in [-0.3, -0.25) is 9.59 Å². The first-order valence-electron chi connectivity index (χ1n) is 8.71. The Morgan fingerprint density at radius 3 is 2.81 bits per heavy atom. The molecule has 1 aliphatic rings. The van der Waals surface area contributed by atoms with Crippen LogP contribution < -0.4 is 5.56 Å². The fraction of sp³-hybridized carbons (Fsp3) is 0.368. The molecule has 3 heterocycles. The van der Waals surface area contributed by atoms with Crippen molar-refractivity contribution >= 4 is 38.9 Å². The molecule has 0 amide bonds. The highest BCUT2D eigenvalue weighted by Crippen LogP contribution is 2.37. The predicted octanol–water partition coefficient (Wildman–Crippen LogP) is 3.63. The SMILES string of the molecule is CCC1(C)Cc2c(sc3nnn(CC(=O)c4ccc(Cl)cc4)c(=O)c23)CO1. The van der Waals surface area contributed by atoms with Crippen LogP contribution in [0.5, 0.6) is 0 Å². The van der Waals surface area contributed by atoms with E-state index in [4.69, 9.17) is 16.3 Å². The van der Waals surface area contributed by atoms with E-state index < -0.39 is 0 Å². The lowest BCUT2D eigenvalue weighted by Gasteiger charge is -2.32. The third kappa shape index (κ3) is 3.31. The number of ether oxygens (including phenoxy) is 1. The number of aromatic nitrogens is 3. The molecule has 3 aromatic rings. The van der Waals surface area contributed by atoms with E-state index in [1.54, 1.807) is 24.3 Å². The molecule has 0 aliphatic carbocycles. The van der Waals surface area contributed by atoms with E-state index >= 15 is 0 Å². The summed E-state index contributed by atoms with van der Waals surface area (Å²) >= 11 is 7.30. The summed E-state index contributed by atoms with van der Waals surface area (Å²) in [4.78, 5) is 27.2. The first-order valence-corrected chi connectivity index (χ1v) is 9.90. The van der Waals surface area contributed by atoms with Crippen LogP contribution in [0.1, 0.15) is 41.1 Å². The van der Waals surface area contributed by atoms with Gasteiger partial charge in [0.2, 0.25) is 0 Å². The highest BCUT2D eigenvalue weighted by Gasteiger charge is 2.33. The molecule has 0 radical (unpaired) electrons. The molecule has 0 N–H and O–H groups in total. The van der Waals surface area contributed by atoms with Gasteiger partial charge in [-0.15, -0.1) is 16.4 Å². The maximum absolute atomic E-state index is 13.0. The van der Waals surface area contributed by atoms with Crippen molar-refractivity contribution in [1.82, 2.24) is 15.0 Å². The highest BCUT2D eigenvalue weighted by atomic mass is 35.5. The molecule has 1 unspecified atom stereocenters. The molecule has 2 aromatic heterocycles. The van der Waals surface area contributed by atoms with Crippen LogP contribution in [-0.2, 0) is 24.3 Å². The second-order valence-corrected chi connectivity index (χ2v) is 8.46. The Morgan fingerprint density at radius 2 is 2.11 bits per heavy atom. The van der Waals surface area contributed by atoms with Crippen LogP contribution in [0.3, 0.4) is 0 Å². The largest absolute Gasteiger partial charge is 0.369 e. The van der Waals surface area contributed by atoms with Gasteiger partial charge >= 0.3 is 0 Å². The van der Waals surface area contributed by atoms with Crippen molar-refractivity contribution in [1.29, 1.82) is 0 Å². The lowest BCUT2D eigenvalue weighted by atomic mass is 9.90. The Bertz CT molecular complexity index is 1090. The van der Waals surface area contributed by atoms with Crippen molar-refractivity contribution in [3.8, 4) is 0 Å². The van der Waals surface area contributed by atoms with Crippen LogP contribution >= 0.6 is 22.9 Å². The molecule has 0 fully saturated rings. The topological polar surface area (TPSA) is 74.1 Å². The first-order chi connectivity index (χ1) is 12.9. The number of nitrogens with zero attached hydrogens (tertiary/aromatic N) is 3. The van der Waals surface area contributed by atoms with E-state index in [9.17, 15) is 9.59 Å². The molecule has 140 valence electrons. The predicted molar refractivity (Wildman–Crippen MR) is 105 cm³/mol. The monoisotopic (exact) mass is 403 g/mol. The van der Waals surface area contributed by atoms with E-state index in [1.165, 1.54) is 11.3 Å².